The van der Waals surface area contributed by atoms with Gasteiger partial charge in [0, 0.05) is 18.3 Å². The molecule has 0 aromatic carbocycles. The number of nitrogens with one attached hydrogen (secondary N) is 1. The first kappa shape index (κ1) is 14.7. The van der Waals surface area contributed by atoms with Crippen molar-refractivity contribution in [3.05, 3.63) is 11.8 Å². The summed E-state index contributed by atoms with van der Waals surface area (Å²) in [5.74, 6) is 1.82. The first-order chi connectivity index (χ1) is 8.69. The Morgan fingerprint density at radius 1 is 1.39 bits per heavy atom. The fourth-order valence-electron chi connectivity index (χ4n) is 1.76. The Balaban J connectivity index is 2.60. The van der Waals surface area contributed by atoms with Gasteiger partial charge in [-0.25, -0.2) is 4.98 Å². The minimum absolute atomic E-state index is 0.564. The van der Waals surface area contributed by atoms with E-state index in [1.54, 1.807) is 0 Å². The van der Waals surface area contributed by atoms with E-state index in [1.807, 2.05) is 19.9 Å². The van der Waals surface area contributed by atoms with E-state index in [1.165, 1.54) is 0 Å². The molecule has 0 aliphatic heterocycles. The van der Waals surface area contributed by atoms with E-state index in [9.17, 15) is 0 Å². The van der Waals surface area contributed by atoms with E-state index in [0.717, 1.165) is 31.6 Å². The smallest absolute Gasteiger partial charge is 0.226 e. The van der Waals surface area contributed by atoms with Crippen molar-refractivity contribution >= 4 is 5.95 Å². The van der Waals surface area contributed by atoms with E-state index < -0.39 is 0 Å². The molecule has 102 valence electrons. The van der Waals surface area contributed by atoms with Crippen LogP contribution in [0.25, 0.3) is 0 Å². The van der Waals surface area contributed by atoms with Gasteiger partial charge in [-0.2, -0.15) is 4.98 Å². The maximum Gasteiger partial charge on any atom is 0.226 e. The molecule has 0 saturated carbocycles. The largest absolute Gasteiger partial charge is 0.478 e. The summed E-state index contributed by atoms with van der Waals surface area (Å²) in [7, 11) is 0. The van der Waals surface area contributed by atoms with E-state index in [4.69, 9.17) is 10.5 Å². The molecule has 1 heterocycles. The summed E-state index contributed by atoms with van der Waals surface area (Å²) in [5.41, 5.74) is 6.49. The van der Waals surface area contributed by atoms with Gasteiger partial charge in [-0.3, -0.25) is 0 Å². The molecular formula is C13H24N4O. The zero-order chi connectivity index (χ0) is 13.4. The van der Waals surface area contributed by atoms with Gasteiger partial charge in [-0.1, -0.05) is 13.3 Å². The van der Waals surface area contributed by atoms with Crippen molar-refractivity contribution in [2.24, 2.45) is 11.7 Å². The van der Waals surface area contributed by atoms with Crippen molar-refractivity contribution in [2.75, 3.05) is 25.0 Å². The van der Waals surface area contributed by atoms with Crippen LogP contribution in [0.1, 0.15) is 32.4 Å². The maximum atomic E-state index is 5.58. The molecule has 0 bridgehead atoms. The predicted molar refractivity (Wildman–Crippen MR) is 73.9 cm³/mol. The first-order valence-corrected chi connectivity index (χ1v) is 6.62. The second kappa shape index (κ2) is 7.87. The Bertz CT molecular complexity index is 357. The molecule has 0 spiro atoms. The zero-order valence-electron chi connectivity index (χ0n) is 11.6. The topological polar surface area (TPSA) is 73.1 Å². The second-order valence-corrected chi connectivity index (χ2v) is 4.34. The van der Waals surface area contributed by atoms with Gasteiger partial charge in [-0.05, 0) is 32.7 Å². The van der Waals surface area contributed by atoms with Crippen LogP contribution in [0.5, 0.6) is 5.88 Å². The van der Waals surface area contributed by atoms with E-state index in [2.05, 4.69) is 22.2 Å². The Labute approximate surface area is 109 Å². The third-order valence-electron chi connectivity index (χ3n) is 2.82. The molecule has 0 amide bonds. The molecule has 0 fully saturated rings. The molecule has 0 aliphatic rings. The normalized spacial score (nSPS) is 12.2. The molecule has 1 rings (SSSR count). The number of nitrogens with zero attached hydrogens (tertiary/aromatic N) is 2. The summed E-state index contributed by atoms with van der Waals surface area (Å²) in [6.07, 6.45) is 2.13. The van der Waals surface area contributed by atoms with Crippen LogP contribution in [0.4, 0.5) is 5.95 Å². The average Bonchev–Trinajstić information content (AvgIpc) is 2.34. The highest BCUT2D eigenvalue weighted by Gasteiger charge is 2.07. The van der Waals surface area contributed by atoms with Crippen LogP contribution in [0, 0.1) is 12.8 Å². The average molecular weight is 252 g/mol. The van der Waals surface area contributed by atoms with E-state index in [0.29, 0.717) is 24.4 Å². The minimum Gasteiger partial charge on any atom is -0.478 e. The lowest BCUT2D eigenvalue weighted by molar-refractivity contribution is 0.326. The van der Waals surface area contributed by atoms with Crippen molar-refractivity contribution in [3.63, 3.8) is 0 Å². The summed E-state index contributed by atoms with van der Waals surface area (Å²) >= 11 is 0. The number of anilines is 1. The first-order valence-electron chi connectivity index (χ1n) is 6.62. The lowest BCUT2D eigenvalue weighted by Gasteiger charge is -2.15. The molecule has 1 aromatic heterocycles. The third kappa shape index (κ3) is 4.87. The van der Waals surface area contributed by atoms with Gasteiger partial charge < -0.3 is 15.8 Å². The van der Waals surface area contributed by atoms with E-state index in [-0.39, 0.29) is 0 Å². The summed E-state index contributed by atoms with van der Waals surface area (Å²) in [5, 5.41) is 3.26. The highest BCUT2D eigenvalue weighted by molar-refractivity contribution is 5.30. The van der Waals surface area contributed by atoms with Crippen LogP contribution in [-0.4, -0.2) is 29.7 Å². The van der Waals surface area contributed by atoms with Crippen LogP contribution in [0.3, 0.4) is 0 Å². The third-order valence-corrected chi connectivity index (χ3v) is 2.82. The number of aryl methyl sites for hydroxylation is 1. The number of aromatic nitrogens is 2. The number of hydrogen-bond donors (Lipinski definition) is 2. The van der Waals surface area contributed by atoms with Crippen LogP contribution in [0.2, 0.25) is 0 Å². The summed E-state index contributed by atoms with van der Waals surface area (Å²) in [6.45, 7) is 8.23. The van der Waals surface area contributed by atoms with Gasteiger partial charge in [-0.15, -0.1) is 0 Å². The summed E-state index contributed by atoms with van der Waals surface area (Å²) < 4.78 is 5.40. The van der Waals surface area contributed by atoms with Crippen LogP contribution in [0.15, 0.2) is 6.07 Å². The quantitative estimate of drug-likeness (QED) is 0.740. The standard InChI is InChI=1S/C13H24N4O/c1-4-11(6-7-14)9-15-13-16-10(3)8-12(17-13)18-5-2/h8,11H,4-7,9,14H2,1-3H3,(H,15,16,17). The zero-order valence-corrected chi connectivity index (χ0v) is 11.6. The molecule has 5 heteroatoms. The lowest BCUT2D eigenvalue weighted by atomic mass is 10.0. The van der Waals surface area contributed by atoms with Crippen molar-refractivity contribution in [1.29, 1.82) is 0 Å². The SMILES string of the molecule is CCOc1cc(C)nc(NCC(CC)CCN)n1. The van der Waals surface area contributed by atoms with Gasteiger partial charge in [0.05, 0.1) is 6.61 Å². The van der Waals surface area contributed by atoms with Crippen LogP contribution in [-0.2, 0) is 0 Å². The Hall–Kier alpha value is -1.36. The summed E-state index contributed by atoms with van der Waals surface area (Å²) in [4.78, 5) is 8.66. The molecule has 18 heavy (non-hydrogen) atoms. The monoisotopic (exact) mass is 252 g/mol. The number of rotatable bonds is 8. The van der Waals surface area contributed by atoms with Crippen molar-refractivity contribution in [3.8, 4) is 5.88 Å². The number of ether oxygens (including phenoxy) is 1. The molecule has 0 aliphatic carbocycles. The molecule has 1 unspecified atom stereocenters. The molecule has 0 radical (unpaired) electrons. The predicted octanol–water partition coefficient (Wildman–Crippen LogP) is 1.97. The summed E-state index contributed by atoms with van der Waals surface area (Å²) in [6, 6.07) is 1.84. The highest BCUT2D eigenvalue weighted by Crippen LogP contribution is 2.13. The molecular weight excluding hydrogens is 228 g/mol. The minimum atomic E-state index is 0.564. The fourth-order valence-corrected chi connectivity index (χ4v) is 1.76. The Morgan fingerprint density at radius 2 is 2.17 bits per heavy atom. The van der Waals surface area contributed by atoms with Crippen molar-refractivity contribution in [2.45, 2.75) is 33.6 Å². The molecule has 5 nitrogen and oxygen atoms in total. The highest BCUT2D eigenvalue weighted by atomic mass is 16.5. The second-order valence-electron chi connectivity index (χ2n) is 4.34. The van der Waals surface area contributed by atoms with Gasteiger partial charge in [0.25, 0.3) is 0 Å². The molecule has 3 N–H and O–H groups in total. The van der Waals surface area contributed by atoms with Crippen LogP contribution >= 0.6 is 0 Å². The van der Waals surface area contributed by atoms with Crippen LogP contribution < -0.4 is 15.8 Å². The molecule has 1 aromatic rings. The van der Waals surface area contributed by atoms with Gasteiger partial charge in [0.2, 0.25) is 11.8 Å². The number of nitrogens with two attached hydrogens (primary N) is 1. The van der Waals surface area contributed by atoms with Crippen molar-refractivity contribution in [1.82, 2.24) is 9.97 Å². The lowest BCUT2D eigenvalue weighted by Crippen LogP contribution is -2.18. The van der Waals surface area contributed by atoms with Crippen molar-refractivity contribution < 1.29 is 4.74 Å². The maximum absolute atomic E-state index is 5.58. The Morgan fingerprint density at radius 3 is 2.78 bits per heavy atom. The van der Waals surface area contributed by atoms with Gasteiger partial charge >= 0.3 is 0 Å². The molecule has 0 saturated heterocycles. The fraction of sp³-hybridized carbons (Fsp3) is 0.692. The van der Waals surface area contributed by atoms with E-state index >= 15 is 0 Å². The van der Waals surface area contributed by atoms with Gasteiger partial charge in [0.1, 0.15) is 0 Å². The number of hydrogen-bond acceptors (Lipinski definition) is 5. The van der Waals surface area contributed by atoms with Gasteiger partial charge in [0.15, 0.2) is 0 Å². The molecule has 1 atom stereocenters. The Kier molecular flexibility index (Phi) is 6.43.